The zero-order valence-corrected chi connectivity index (χ0v) is 11.1. The zero-order valence-electron chi connectivity index (χ0n) is 10.3. The number of carbonyl (C=O) groups excluding carboxylic acids is 1. The third kappa shape index (κ3) is 6.38. The molecule has 1 rings (SSSR count). The highest BCUT2D eigenvalue weighted by molar-refractivity contribution is 8.00. The van der Waals surface area contributed by atoms with Crippen LogP contribution in [-0.2, 0) is 9.53 Å². The Balaban J connectivity index is 1.99. The van der Waals surface area contributed by atoms with Crippen molar-refractivity contribution >= 4 is 17.7 Å². The second-order valence-corrected chi connectivity index (χ2v) is 6.15. The summed E-state index contributed by atoms with van der Waals surface area (Å²) in [4.78, 5) is 11.4. The molecule has 1 N–H and O–H groups in total. The van der Waals surface area contributed by atoms with Gasteiger partial charge in [-0.25, -0.2) is 0 Å². The topological polar surface area (TPSA) is 38.3 Å². The lowest BCUT2D eigenvalue weighted by Gasteiger charge is -2.21. The van der Waals surface area contributed by atoms with Gasteiger partial charge in [0.15, 0.2) is 0 Å². The lowest BCUT2D eigenvalue weighted by molar-refractivity contribution is -0.118. The summed E-state index contributed by atoms with van der Waals surface area (Å²) < 4.78 is 5.40. The standard InChI is InChI=1S/C12H23NO2S/c1-10(2)16-9-12(14)13-6-5-11-4-3-7-15-8-11/h10-11H,3-9H2,1-2H3,(H,13,14)/t11-/m1/s1. The Kier molecular flexibility index (Phi) is 6.88. The highest BCUT2D eigenvalue weighted by Gasteiger charge is 2.13. The monoisotopic (exact) mass is 245 g/mol. The molecule has 1 aliphatic rings. The molecule has 16 heavy (non-hydrogen) atoms. The Morgan fingerprint density at radius 3 is 3.00 bits per heavy atom. The quantitative estimate of drug-likeness (QED) is 0.778. The van der Waals surface area contributed by atoms with Gasteiger partial charge in [-0.1, -0.05) is 13.8 Å². The summed E-state index contributed by atoms with van der Waals surface area (Å²) in [5.41, 5.74) is 0. The van der Waals surface area contributed by atoms with E-state index in [0.29, 0.717) is 16.9 Å². The molecule has 4 heteroatoms. The van der Waals surface area contributed by atoms with Crippen LogP contribution in [-0.4, -0.2) is 36.7 Å². The van der Waals surface area contributed by atoms with E-state index in [4.69, 9.17) is 4.74 Å². The third-order valence-corrected chi connectivity index (χ3v) is 3.77. The molecule has 1 saturated heterocycles. The van der Waals surface area contributed by atoms with Crippen LogP contribution >= 0.6 is 11.8 Å². The fraction of sp³-hybridized carbons (Fsp3) is 0.917. The van der Waals surface area contributed by atoms with Gasteiger partial charge in [0.1, 0.15) is 0 Å². The first kappa shape index (κ1) is 13.8. The Labute approximate surface area is 103 Å². The fourth-order valence-corrected chi connectivity index (χ4v) is 2.33. The number of rotatable bonds is 6. The molecule has 1 heterocycles. The van der Waals surface area contributed by atoms with Crippen LogP contribution in [0.2, 0.25) is 0 Å². The maximum atomic E-state index is 11.4. The second-order valence-electron chi connectivity index (χ2n) is 4.58. The van der Waals surface area contributed by atoms with E-state index in [0.717, 1.165) is 26.2 Å². The van der Waals surface area contributed by atoms with E-state index in [9.17, 15) is 4.79 Å². The molecule has 0 unspecified atom stereocenters. The van der Waals surface area contributed by atoms with Crippen molar-refractivity contribution in [2.45, 2.75) is 38.4 Å². The van der Waals surface area contributed by atoms with Crippen LogP contribution in [0.5, 0.6) is 0 Å². The molecule has 0 bridgehead atoms. The predicted octanol–water partition coefficient (Wildman–Crippen LogP) is 2.06. The molecule has 1 atom stereocenters. The Morgan fingerprint density at radius 1 is 1.56 bits per heavy atom. The van der Waals surface area contributed by atoms with Gasteiger partial charge in [0, 0.05) is 19.8 Å². The van der Waals surface area contributed by atoms with Gasteiger partial charge >= 0.3 is 0 Å². The smallest absolute Gasteiger partial charge is 0.230 e. The molecule has 1 fully saturated rings. The summed E-state index contributed by atoms with van der Waals surface area (Å²) in [6.45, 7) is 6.80. The maximum Gasteiger partial charge on any atom is 0.230 e. The van der Waals surface area contributed by atoms with Crippen molar-refractivity contribution in [3.8, 4) is 0 Å². The van der Waals surface area contributed by atoms with Crippen LogP contribution in [0.15, 0.2) is 0 Å². The van der Waals surface area contributed by atoms with Gasteiger partial charge < -0.3 is 10.1 Å². The Hall–Kier alpha value is -0.220. The van der Waals surface area contributed by atoms with Crippen molar-refractivity contribution < 1.29 is 9.53 Å². The van der Waals surface area contributed by atoms with Crippen molar-refractivity contribution in [1.29, 1.82) is 0 Å². The molecule has 1 aliphatic heterocycles. The van der Waals surface area contributed by atoms with Crippen LogP contribution in [0.25, 0.3) is 0 Å². The van der Waals surface area contributed by atoms with Crippen LogP contribution in [0.3, 0.4) is 0 Å². The lowest BCUT2D eigenvalue weighted by atomic mass is 9.99. The predicted molar refractivity (Wildman–Crippen MR) is 68.8 cm³/mol. The van der Waals surface area contributed by atoms with Crippen molar-refractivity contribution in [3.05, 3.63) is 0 Å². The third-order valence-electron chi connectivity index (χ3n) is 2.68. The van der Waals surface area contributed by atoms with E-state index in [1.54, 1.807) is 11.8 Å². The molecule has 0 aromatic rings. The van der Waals surface area contributed by atoms with E-state index in [1.165, 1.54) is 12.8 Å². The molecule has 0 aromatic carbocycles. The van der Waals surface area contributed by atoms with Gasteiger partial charge in [-0.2, -0.15) is 0 Å². The molecule has 0 radical (unpaired) electrons. The number of ether oxygens (including phenoxy) is 1. The molecule has 0 aromatic heterocycles. The van der Waals surface area contributed by atoms with Gasteiger partial charge in [-0.05, 0) is 30.4 Å². The molecule has 3 nitrogen and oxygen atoms in total. The number of carbonyl (C=O) groups is 1. The largest absolute Gasteiger partial charge is 0.381 e. The second kappa shape index (κ2) is 7.96. The minimum Gasteiger partial charge on any atom is -0.381 e. The highest BCUT2D eigenvalue weighted by atomic mass is 32.2. The lowest BCUT2D eigenvalue weighted by Crippen LogP contribution is -2.29. The van der Waals surface area contributed by atoms with E-state index < -0.39 is 0 Å². The maximum absolute atomic E-state index is 11.4. The van der Waals surface area contributed by atoms with Crippen molar-refractivity contribution in [2.24, 2.45) is 5.92 Å². The summed E-state index contributed by atoms with van der Waals surface area (Å²) in [6.07, 6.45) is 3.47. The minimum absolute atomic E-state index is 0.162. The van der Waals surface area contributed by atoms with E-state index in [1.807, 2.05) is 0 Å². The fourth-order valence-electron chi connectivity index (χ4n) is 1.74. The van der Waals surface area contributed by atoms with E-state index in [2.05, 4.69) is 19.2 Å². The van der Waals surface area contributed by atoms with E-state index in [-0.39, 0.29) is 5.91 Å². The number of nitrogens with one attached hydrogen (secondary N) is 1. The van der Waals surface area contributed by atoms with Crippen molar-refractivity contribution in [3.63, 3.8) is 0 Å². The van der Waals surface area contributed by atoms with Gasteiger partial charge in [-0.15, -0.1) is 11.8 Å². The SMILES string of the molecule is CC(C)SCC(=O)NCC[C@H]1CCCOC1. The first-order valence-electron chi connectivity index (χ1n) is 6.14. The van der Waals surface area contributed by atoms with Crippen LogP contribution in [0, 0.1) is 5.92 Å². The van der Waals surface area contributed by atoms with Crippen LogP contribution in [0.4, 0.5) is 0 Å². The van der Waals surface area contributed by atoms with Crippen LogP contribution < -0.4 is 5.32 Å². The summed E-state index contributed by atoms with van der Waals surface area (Å²) in [6, 6.07) is 0. The van der Waals surface area contributed by atoms with Gasteiger partial charge in [0.05, 0.1) is 5.75 Å². The van der Waals surface area contributed by atoms with Crippen molar-refractivity contribution in [1.82, 2.24) is 5.32 Å². The first-order valence-corrected chi connectivity index (χ1v) is 7.19. The summed E-state index contributed by atoms with van der Waals surface area (Å²) in [5.74, 6) is 1.39. The molecular formula is C12H23NO2S. The molecular weight excluding hydrogens is 222 g/mol. The minimum atomic E-state index is 0.162. The van der Waals surface area contributed by atoms with Gasteiger partial charge in [0.25, 0.3) is 0 Å². The molecule has 0 saturated carbocycles. The number of hydrogen-bond donors (Lipinski definition) is 1. The average molecular weight is 245 g/mol. The molecule has 1 amide bonds. The number of hydrogen-bond acceptors (Lipinski definition) is 3. The molecule has 0 spiro atoms. The van der Waals surface area contributed by atoms with Crippen LogP contribution in [0.1, 0.15) is 33.1 Å². The zero-order chi connectivity index (χ0) is 11.8. The highest BCUT2D eigenvalue weighted by Crippen LogP contribution is 2.16. The van der Waals surface area contributed by atoms with Crippen molar-refractivity contribution in [2.75, 3.05) is 25.5 Å². The van der Waals surface area contributed by atoms with Gasteiger partial charge in [0.2, 0.25) is 5.91 Å². The Morgan fingerprint density at radius 2 is 2.38 bits per heavy atom. The molecule has 94 valence electrons. The molecule has 0 aliphatic carbocycles. The average Bonchev–Trinajstić information content (AvgIpc) is 2.28. The first-order chi connectivity index (χ1) is 7.68. The summed E-state index contributed by atoms with van der Waals surface area (Å²) in [5, 5.41) is 3.50. The van der Waals surface area contributed by atoms with E-state index >= 15 is 0 Å². The summed E-state index contributed by atoms with van der Waals surface area (Å²) in [7, 11) is 0. The number of thioether (sulfide) groups is 1. The Bertz CT molecular complexity index is 203. The normalized spacial score (nSPS) is 21.1. The van der Waals surface area contributed by atoms with Gasteiger partial charge in [-0.3, -0.25) is 4.79 Å². The number of amides is 1. The summed E-state index contributed by atoms with van der Waals surface area (Å²) >= 11 is 1.69.